The van der Waals surface area contributed by atoms with Crippen molar-refractivity contribution in [3.8, 4) is 0 Å². The van der Waals surface area contributed by atoms with E-state index in [1.807, 2.05) is 20.8 Å². The van der Waals surface area contributed by atoms with E-state index in [0.29, 0.717) is 11.3 Å². The van der Waals surface area contributed by atoms with Gasteiger partial charge in [0.15, 0.2) is 5.69 Å². The highest BCUT2D eigenvalue weighted by Gasteiger charge is 2.31. The Hall–Kier alpha value is -2.50. The summed E-state index contributed by atoms with van der Waals surface area (Å²) in [6, 6.07) is 5.84. The van der Waals surface area contributed by atoms with Crippen LogP contribution >= 0.6 is 0 Å². The molecule has 0 N–H and O–H groups in total. The van der Waals surface area contributed by atoms with Gasteiger partial charge >= 0.3 is 0 Å². The van der Waals surface area contributed by atoms with Gasteiger partial charge < -0.3 is 4.52 Å². The third-order valence-electron chi connectivity index (χ3n) is 3.17. The molecule has 1 aromatic heterocycles. The summed E-state index contributed by atoms with van der Waals surface area (Å²) in [6.07, 6.45) is 0. The number of carbonyl (C=O) groups is 1. The number of para-hydroxylation sites is 1. The number of nitro groups is 1. The molecule has 0 bridgehead atoms. The molecule has 6 nitrogen and oxygen atoms in total. The van der Waals surface area contributed by atoms with E-state index in [-0.39, 0.29) is 22.4 Å². The largest absolute Gasteiger partial charge is 0.361 e. The minimum atomic E-state index is -0.572. The van der Waals surface area contributed by atoms with Crippen LogP contribution in [0.1, 0.15) is 48.1 Å². The molecule has 0 saturated heterocycles. The zero-order valence-corrected chi connectivity index (χ0v) is 12.3. The van der Waals surface area contributed by atoms with Crippen LogP contribution in [0.15, 0.2) is 28.8 Å². The third-order valence-corrected chi connectivity index (χ3v) is 3.17. The smallest absolute Gasteiger partial charge is 0.280 e. The summed E-state index contributed by atoms with van der Waals surface area (Å²) in [7, 11) is 0. The van der Waals surface area contributed by atoms with Gasteiger partial charge in [-0.15, -0.1) is 0 Å². The number of hydrogen-bond acceptors (Lipinski definition) is 5. The lowest BCUT2D eigenvalue weighted by atomic mass is 9.84. The average molecular weight is 288 g/mol. The van der Waals surface area contributed by atoms with Gasteiger partial charge in [-0.05, 0) is 18.4 Å². The number of rotatable bonds is 3. The Morgan fingerprint density at radius 3 is 2.48 bits per heavy atom. The second-order valence-corrected chi connectivity index (χ2v) is 5.82. The van der Waals surface area contributed by atoms with Gasteiger partial charge in [0.1, 0.15) is 11.3 Å². The van der Waals surface area contributed by atoms with Crippen LogP contribution in [0.3, 0.4) is 0 Å². The molecule has 0 radical (unpaired) electrons. The highest BCUT2D eigenvalue weighted by Crippen LogP contribution is 2.31. The van der Waals surface area contributed by atoms with Crippen molar-refractivity contribution in [2.24, 2.45) is 0 Å². The zero-order valence-electron chi connectivity index (χ0n) is 12.3. The predicted molar refractivity (Wildman–Crippen MR) is 76.5 cm³/mol. The number of benzene rings is 1. The van der Waals surface area contributed by atoms with Crippen LogP contribution in [0.5, 0.6) is 0 Å². The second-order valence-electron chi connectivity index (χ2n) is 5.82. The first-order chi connectivity index (χ1) is 9.73. The van der Waals surface area contributed by atoms with Gasteiger partial charge in [0.25, 0.3) is 5.69 Å². The molecule has 0 spiro atoms. The van der Waals surface area contributed by atoms with Gasteiger partial charge in [-0.1, -0.05) is 38.1 Å². The lowest BCUT2D eigenvalue weighted by Gasteiger charge is -2.18. The van der Waals surface area contributed by atoms with Crippen LogP contribution in [-0.2, 0) is 5.41 Å². The molecule has 1 aromatic carbocycles. The molecule has 0 aliphatic carbocycles. The molecule has 0 unspecified atom stereocenters. The van der Waals surface area contributed by atoms with Crippen molar-refractivity contribution in [3.63, 3.8) is 0 Å². The first-order valence-corrected chi connectivity index (χ1v) is 6.48. The van der Waals surface area contributed by atoms with E-state index in [1.54, 1.807) is 13.0 Å². The number of aryl methyl sites for hydroxylation is 1. The number of nitrogens with zero attached hydrogens (tertiary/aromatic N) is 2. The Bertz CT molecular complexity index is 711. The van der Waals surface area contributed by atoms with Gasteiger partial charge in [0.2, 0.25) is 5.78 Å². The van der Waals surface area contributed by atoms with Crippen LogP contribution in [0.25, 0.3) is 0 Å². The lowest BCUT2D eigenvalue weighted by Crippen LogP contribution is -2.18. The first kappa shape index (κ1) is 14.9. The molecule has 0 atom stereocenters. The fraction of sp³-hybridized carbons (Fsp3) is 0.333. The van der Waals surface area contributed by atoms with Crippen LogP contribution in [0, 0.1) is 17.0 Å². The highest BCUT2D eigenvalue weighted by molar-refractivity contribution is 6.11. The maximum atomic E-state index is 12.6. The van der Waals surface area contributed by atoms with Gasteiger partial charge in [-0.3, -0.25) is 14.9 Å². The topological polar surface area (TPSA) is 86.2 Å². The fourth-order valence-corrected chi connectivity index (χ4v) is 2.36. The van der Waals surface area contributed by atoms with Crippen molar-refractivity contribution in [1.82, 2.24) is 5.16 Å². The van der Waals surface area contributed by atoms with E-state index >= 15 is 0 Å². The minimum absolute atomic E-state index is 0.0151. The van der Waals surface area contributed by atoms with Crippen molar-refractivity contribution < 1.29 is 14.2 Å². The van der Waals surface area contributed by atoms with E-state index in [4.69, 9.17) is 4.52 Å². The van der Waals surface area contributed by atoms with E-state index in [0.717, 1.165) is 0 Å². The Kier molecular flexibility index (Phi) is 3.63. The van der Waals surface area contributed by atoms with Gasteiger partial charge in [0.05, 0.1) is 4.92 Å². The van der Waals surface area contributed by atoms with E-state index in [9.17, 15) is 14.9 Å². The summed E-state index contributed by atoms with van der Waals surface area (Å²) in [5.41, 5.74) is 0.239. The average Bonchev–Trinajstić information content (AvgIpc) is 2.79. The Morgan fingerprint density at radius 1 is 1.29 bits per heavy atom. The van der Waals surface area contributed by atoms with Gasteiger partial charge in [-0.25, -0.2) is 0 Å². The van der Waals surface area contributed by atoms with Gasteiger partial charge in [-0.2, -0.15) is 0 Å². The molecule has 21 heavy (non-hydrogen) atoms. The normalized spacial score (nSPS) is 11.4. The SMILES string of the molecule is Cc1onc(C(=O)c2ccccc2[N+](=O)[O-])c1C(C)(C)C. The highest BCUT2D eigenvalue weighted by atomic mass is 16.6. The quantitative estimate of drug-likeness (QED) is 0.490. The van der Waals surface area contributed by atoms with E-state index in [1.165, 1.54) is 18.2 Å². The zero-order chi connectivity index (χ0) is 15.8. The Balaban J connectivity index is 2.60. The second kappa shape index (κ2) is 5.12. The van der Waals surface area contributed by atoms with Crippen molar-refractivity contribution >= 4 is 11.5 Å². The molecule has 2 aromatic rings. The number of nitro benzene ring substituents is 1. The van der Waals surface area contributed by atoms with Crippen LogP contribution in [0.2, 0.25) is 0 Å². The van der Waals surface area contributed by atoms with Crippen LogP contribution < -0.4 is 0 Å². The molecule has 0 amide bonds. The maximum Gasteiger partial charge on any atom is 0.280 e. The standard InChI is InChI=1S/C15H16N2O4/c1-9-12(15(2,3)4)13(16-21-9)14(18)10-7-5-6-8-11(10)17(19)20/h5-8H,1-4H3. The summed E-state index contributed by atoms with van der Waals surface area (Å²) in [5.74, 6) is 0.0495. The number of aromatic nitrogens is 1. The number of ketones is 1. The number of carbonyl (C=O) groups excluding carboxylic acids is 1. The molecule has 110 valence electrons. The van der Waals surface area contributed by atoms with Gasteiger partial charge in [0, 0.05) is 11.6 Å². The summed E-state index contributed by atoms with van der Waals surface area (Å²) < 4.78 is 5.12. The number of hydrogen-bond donors (Lipinski definition) is 0. The predicted octanol–water partition coefficient (Wildman–Crippen LogP) is 3.42. The molecule has 0 saturated carbocycles. The van der Waals surface area contributed by atoms with E-state index < -0.39 is 10.7 Å². The lowest BCUT2D eigenvalue weighted by molar-refractivity contribution is -0.385. The molecule has 2 rings (SSSR count). The maximum absolute atomic E-state index is 12.6. The van der Waals surface area contributed by atoms with Crippen LogP contribution in [-0.4, -0.2) is 15.9 Å². The molecule has 0 aliphatic rings. The molecule has 0 aliphatic heterocycles. The molecular formula is C15H16N2O4. The first-order valence-electron chi connectivity index (χ1n) is 6.48. The van der Waals surface area contributed by atoms with Crippen molar-refractivity contribution in [2.75, 3.05) is 0 Å². The minimum Gasteiger partial charge on any atom is -0.361 e. The Morgan fingerprint density at radius 2 is 1.90 bits per heavy atom. The summed E-state index contributed by atoms with van der Waals surface area (Å²) in [4.78, 5) is 23.1. The molecule has 1 heterocycles. The van der Waals surface area contributed by atoms with Crippen molar-refractivity contribution in [3.05, 3.63) is 57.0 Å². The van der Waals surface area contributed by atoms with Crippen molar-refractivity contribution in [2.45, 2.75) is 33.1 Å². The molecule has 0 fully saturated rings. The fourth-order valence-electron chi connectivity index (χ4n) is 2.36. The molecular weight excluding hydrogens is 272 g/mol. The molecule has 6 heteroatoms. The van der Waals surface area contributed by atoms with E-state index in [2.05, 4.69) is 5.16 Å². The monoisotopic (exact) mass is 288 g/mol. The third kappa shape index (κ3) is 2.69. The summed E-state index contributed by atoms with van der Waals surface area (Å²) >= 11 is 0. The Labute approximate surface area is 121 Å². The van der Waals surface area contributed by atoms with Crippen LogP contribution in [0.4, 0.5) is 5.69 Å². The van der Waals surface area contributed by atoms with Crippen molar-refractivity contribution in [1.29, 1.82) is 0 Å². The summed E-state index contributed by atoms with van der Waals surface area (Å²) in [6.45, 7) is 7.53. The summed E-state index contributed by atoms with van der Waals surface area (Å²) in [5, 5.41) is 14.9.